The molecule has 106 valence electrons. The minimum absolute atomic E-state index is 0.0690. The van der Waals surface area contributed by atoms with E-state index in [1.54, 1.807) is 6.07 Å². The van der Waals surface area contributed by atoms with Crippen LogP contribution < -0.4 is 0 Å². The Hall–Kier alpha value is -1.79. The molecular weight excluding hydrogens is 250 g/mol. The minimum atomic E-state index is -0.169. The van der Waals surface area contributed by atoms with Crippen molar-refractivity contribution in [2.45, 2.75) is 32.7 Å². The van der Waals surface area contributed by atoms with Crippen LogP contribution in [0.3, 0.4) is 0 Å². The molecule has 0 atom stereocenters. The lowest BCUT2D eigenvalue weighted by Gasteiger charge is -2.27. The summed E-state index contributed by atoms with van der Waals surface area (Å²) < 4.78 is 0. The van der Waals surface area contributed by atoms with Gasteiger partial charge in [0.25, 0.3) is 5.91 Å². The summed E-state index contributed by atoms with van der Waals surface area (Å²) in [4.78, 5) is 14.5. The van der Waals surface area contributed by atoms with E-state index in [0.717, 1.165) is 12.1 Å². The normalized spacial score (nSPS) is 13.8. The Morgan fingerprint density at radius 3 is 2.80 bits per heavy atom. The fraction of sp³-hybridized carbons (Fsp3) is 0.471. The van der Waals surface area contributed by atoms with E-state index in [-0.39, 0.29) is 18.6 Å². The molecule has 2 rings (SSSR count). The molecule has 1 aromatic carbocycles. The van der Waals surface area contributed by atoms with Crippen LogP contribution in [0.2, 0.25) is 0 Å². The highest BCUT2D eigenvalue weighted by Gasteiger charge is 2.28. The molecule has 1 aromatic rings. The first-order valence-electron chi connectivity index (χ1n) is 7.12. The first-order valence-corrected chi connectivity index (χ1v) is 7.12. The standard InChI is InChI=1S/C17H21NO2/c1-13(2)18(12-15-8-9-15)17(20)16-7-3-5-14(11-16)6-4-10-19/h3,5,7,11,13,15,19H,8-10,12H2,1-2H3. The van der Waals surface area contributed by atoms with E-state index in [0.29, 0.717) is 11.5 Å². The van der Waals surface area contributed by atoms with E-state index in [9.17, 15) is 4.79 Å². The Morgan fingerprint density at radius 1 is 1.45 bits per heavy atom. The number of amides is 1. The van der Waals surface area contributed by atoms with Gasteiger partial charge in [-0.3, -0.25) is 4.79 Å². The lowest BCUT2D eigenvalue weighted by molar-refractivity contribution is 0.0696. The number of carbonyl (C=O) groups excluding carboxylic acids is 1. The number of nitrogens with zero attached hydrogens (tertiary/aromatic N) is 1. The van der Waals surface area contributed by atoms with Crippen LogP contribution in [0.1, 0.15) is 42.6 Å². The van der Waals surface area contributed by atoms with E-state index >= 15 is 0 Å². The molecular formula is C17H21NO2. The molecule has 3 heteroatoms. The summed E-state index contributed by atoms with van der Waals surface area (Å²) >= 11 is 0. The molecule has 1 aliphatic rings. The first-order chi connectivity index (χ1) is 9.61. The zero-order valence-corrected chi connectivity index (χ0v) is 12.1. The van der Waals surface area contributed by atoms with E-state index in [2.05, 4.69) is 25.7 Å². The van der Waals surface area contributed by atoms with Crippen molar-refractivity contribution in [3.05, 3.63) is 35.4 Å². The summed E-state index contributed by atoms with van der Waals surface area (Å²) in [6, 6.07) is 7.52. The van der Waals surface area contributed by atoms with E-state index in [1.807, 2.05) is 23.1 Å². The summed E-state index contributed by atoms with van der Waals surface area (Å²) in [5.41, 5.74) is 1.43. The largest absolute Gasteiger partial charge is 0.384 e. The van der Waals surface area contributed by atoms with Gasteiger partial charge in [0.15, 0.2) is 0 Å². The van der Waals surface area contributed by atoms with Crippen LogP contribution in [-0.2, 0) is 0 Å². The van der Waals surface area contributed by atoms with Crippen LogP contribution in [-0.4, -0.2) is 35.1 Å². The molecule has 0 unspecified atom stereocenters. The fourth-order valence-corrected chi connectivity index (χ4v) is 2.14. The predicted octanol–water partition coefficient (Wildman–Crippen LogP) is 2.29. The highest BCUT2D eigenvalue weighted by molar-refractivity contribution is 5.94. The molecule has 1 N–H and O–H groups in total. The zero-order valence-electron chi connectivity index (χ0n) is 12.1. The molecule has 1 aliphatic carbocycles. The van der Waals surface area contributed by atoms with Crippen molar-refractivity contribution < 1.29 is 9.90 Å². The maximum atomic E-state index is 12.6. The smallest absolute Gasteiger partial charge is 0.254 e. The number of hydrogen-bond acceptors (Lipinski definition) is 2. The van der Waals surface area contributed by atoms with Gasteiger partial charge in [0.2, 0.25) is 0 Å². The molecule has 0 bridgehead atoms. The van der Waals surface area contributed by atoms with Crippen molar-refractivity contribution in [3.63, 3.8) is 0 Å². The van der Waals surface area contributed by atoms with Crippen molar-refractivity contribution in [2.24, 2.45) is 5.92 Å². The lowest BCUT2D eigenvalue weighted by atomic mass is 10.1. The van der Waals surface area contributed by atoms with Gasteiger partial charge in [0.05, 0.1) is 0 Å². The Labute approximate surface area is 120 Å². The second-order valence-electron chi connectivity index (χ2n) is 5.54. The predicted molar refractivity (Wildman–Crippen MR) is 79.3 cm³/mol. The summed E-state index contributed by atoms with van der Waals surface area (Å²) in [6.07, 6.45) is 2.47. The Kier molecular flexibility index (Phi) is 4.81. The van der Waals surface area contributed by atoms with E-state index in [4.69, 9.17) is 5.11 Å². The number of aliphatic hydroxyl groups is 1. The van der Waals surface area contributed by atoms with Gasteiger partial charge < -0.3 is 10.0 Å². The monoisotopic (exact) mass is 271 g/mol. The third kappa shape index (κ3) is 3.85. The maximum Gasteiger partial charge on any atom is 0.254 e. The summed E-state index contributed by atoms with van der Waals surface area (Å²) in [7, 11) is 0. The molecule has 0 aliphatic heterocycles. The summed E-state index contributed by atoms with van der Waals surface area (Å²) in [5.74, 6) is 6.19. The van der Waals surface area contributed by atoms with Crippen molar-refractivity contribution >= 4 is 5.91 Å². The SMILES string of the molecule is CC(C)N(CC1CC1)C(=O)c1cccc(C#CCO)c1. The van der Waals surface area contributed by atoms with Crippen LogP contribution in [0, 0.1) is 17.8 Å². The Morgan fingerprint density at radius 2 is 2.20 bits per heavy atom. The van der Waals surface area contributed by atoms with Gasteiger partial charge in [-0.15, -0.1) is 0 Å². The Balaban J connectivity index is 2.17. The van der Waals surface area contributed by atoms with Crippen LogP contribution in [0.25, 0.3) is 0 Å². The Bertz CT molecular complexity index is 535. The molecule has 1 amide bonds. The average molecular weight is 271 g/mol. The van der Waals surface area contributed by atoms with Crippen LogP contribution >= 0.6 is 0 Å². The van der Waals surface area contributed by atoms with Crippen molar-refractivity contribution in [1.82, 2.24) is 4.90 Å². The molecule has 0 spiro atoms. The van der Waals surface area contributed by atoms with Crippen LogP contribution in [0.4, 0.5) is 0 Å². The number of benzene rings is 1. The van der Waals surface area contributed by atoms with E-state index in [1.165, 1.54) is 12.8 Å². The third-order valence-electron chi connectivity index (χ3n) is 3.46. The van der Waals surface area contributed by atoms with Crippen molar-refractivity contribution in [2.75, 3.05) is 13.2 Å². The molecule has 0 radical (unpaired) electrons. The van der Waals surface area contributed by atoms with Gasteiger partial charge in [-0.05, 0) is 50.8 Å². The van der Waals surface area contributed by atoms with Crippen molar-refractivity contribution in [3.8, 4) is 11.8 Å². The fourth-order valence-electron chi connectivity index (χ4n) is 2.14. The molecule has 0 heterocycles. The minimum Gasteiger partial charge on any atom is -0.384 e. The molecule has 3 nitrogen and oxygen atoms in total. The van der Waals surface area contributed by atoms with Gasteiger partial charge in [-0.2, -0.15) is 0 Å². The van der Waals surface area contributed by atoms with Crippen molar-refractivity contribution in [1.29, 1.82) is 0 Å². The average Bonchev–Trinajstić information content (AvgIpc) is 3.26. The van der Waals surface area contributed by atoms with E-state index < -0.39 is 0 Å². The third-order valence-corrected chi connectivity index (χ3v) is 3.46. The number of rotatable bonds is 4. The highest BCUT2D eigenvalue weighted by atomic mass is 16.2. The number of carbonyl (C=O) groups is 1. The second-order valence-corrected chi connectivity index (χ2v) is 5.54. The van der Waals surface area contributed by atoms with Crippen LogP contribution in [0.15, 0.2) is 24.3 Å². The van der Waals surface area contributed by atoms with Gasteiger partial charge >= 0.3 is 0 Å². The molecule has 0 saturated heterocycles. The summed E-state index contributed by atoms with van der Waals surface area (Å²) in [5, 5.41) is 8.72. The molecule has 20 heavy (non-hydrogen) atoms. The topological polar surface area (TPSA) is 40.5 Å². The first kappa shape index (κ1) is 14.6. The van der Waals surface area contributed by atoms with Gasteiger partial charge in [0.1, 0.15) is 6.61 Å². The zero-order chi connectivity index (χ0) is 14.5. The number of hydrogen-bond donors (Lipinski definition) is 1. The quantitative estimate of drug-likeness (QED) is 0.854. The second kappa shape index (κ2) is 6.58. The lowest BCUT2D eigenvalue weighted by Crippen LogP contribution is -2.38. The molecule has 0 aromatic heterocycles. The van der Waals surface area contributed by atoms with Gasteiger partial charge in [0, 0.05) is 23.7 Å². The highest BCUT2D eigenvalue weighted by Crippen LogP contribution is 2.30. The number of aliphatic hydroxyl groups excluding tert-OH is 1. The molecule has 1 fully saturated rings. The summed E-state index contributed by atoms with van der Waals surface area (Å²) in [6.45, 7) is 4.78. The maximum absolute atomic E-state index is 12.6. The van der Waals surface area contributed by atoms with Gasteiger partial charge in [-0.1, -0.05) is 17.9 Å². The van der Waals surface area contributed by atoms with Gasteiger partial charge in [-0.25, -0.2) is 0 Å². The van der Waals surface area contributed by atoms with Crippen LogP contribution in [0.5, 0.6) is 0 Å². The molecule has 1 saturated carbocycles.